The van der Waals surface area contributed by atoms with Crippen LogP contribution in [0.5, 0.6) is 11.5 Å². The highest BCUT2D eigenvalue weighted by molar-refractivity contribution is 5.50. The van der Waals surface area contributed by atoms with Crippen LogP contribution in [-0.4, -0.2) is 31.2 Å². The van der Waals surface area contributed by atoms with Crippen molar-refractivity contribution in [3.8, 4) is 11.5 Å². The van der Waals surface area contributed by atoms with Gasteiger partial charge in [-0.05, 0) is 31.2 Å². The van der Waals surface area contributed by atoms with E-state index in [0.29, 0.717) is 17.9 Å². The van der Waals surface area contributed by atoms with Crippen molar-refractivity contribution in [1.29, 1.82) is 0 Å². The van der Waals surface area contributed by atoms with Crippen molar-refractivity contribution >= 4 is 11.5 Å². The molecule has 1 heterocycles. The molecule has 0 aliphatic heterocycles. The van der Waals surface area contributed by atoms with Crippen molar-refractivity contribution < 1.29 is 14.4 Å². The van der Waals surface area contributed by atoms with Crippen LogP contribution in [0.25, 0.3) is 0 Å². The Bertz CT molecular complexity index is 718. The molecule has 0 aliphatic rings. The van der Waals surface area contributed by atoms with Crippen LogP contribution in [-0.2, 0) is 6.54 Å². The molecule has 0 bridgehead atoms. The van der Waals surface area contributed by atoms with E-state index in [0.717, 1.165) is 17.1 Å². The summed E-state index contributed by atoms with van der Waals surface area (Å²) in [7, 11) is 5.09. The van der Waals surface area contributed by atoms with Gasteiger partial charge in [0.05, 0.1) is 19.1 Å². The fourth-order valence-electron chi connectivity index (χ4n) is 2.28. The number of methoxy groups -OCH3 is 2. The second kappa shape index (κ2) is 6.95. The molecule has 0 spiro atoms. The van der Waals surface area contributed by atoms with Gasteiger partial charge in [0.15, 0.2) is 0 Å². The molecule has 2 aromatic rings. The molecular formula is C16H19N3O4. The van der Waals surface area contributed by atoms with Gasteiger partial charge in [-0.1, -0.05) is 0 Å². The van der Waals surface area contributed by atoms with Gasteiger partial charge in [0.2, 0.25) is 0 Å². The van der Waals surface area contributed by atoms with Crippen LogP contribution >= 0.6 is 0 Å². The number of benzene rings is 1. The number of hydrogen-bond donors (Lipinski definition) is 0. The molecular weight excluding hydrogens is 298 g/mol. The highest BCUT2D eigenvalue weighted by Crippen LogP contribution is 2.27. The highest BCUT2D eigenvalue weighted by Gasteiger charge is 2.15. The monoisotopic (exact) mass is 317 g/mol. The van der Waals surface area contributed by atoms with E-state index >= 15 is 0 Å². The summed E-state index contributed by atoms with van der Waals surface area (Å²) in [5, 5.41) is 10.9. The van der Waals surface area contributed by atoms with Crippen molar-refractivity contribution in [3.05, 3.63) is 51.7 Å². The second-order valence-electron chi connectivity index (χ2n) is 5.12. The molecule has 7 heteroatoms. The lowest BCUT2D eigenvalue weighted by Gasteiger charge is -2.20. The van der Waals surface area contributed by atoms with E-state index in [1.165, 1.54) is 6.20 Å². The normalized spacial score (nSPS) is 10.3. The number of pyridine rings is 1. The molecule has 0 amide bonds. The van der Waals surface area contributed by atoms with Crippen LogP contribution in [0, 0.1) is 17.0 Å². The minimum Gasteiger partial charge on any atom is -0.497 e. The molecule has 7 nitrogen and oxygen atoms in total. The lowest BCUT2D eigenvalue weighted by Crippen LogP contribution is -2.18. The summed E-state index contributed by atoms with van der Waals surface area (Å²) in [5.74, 6) is 2.14. The van der Waals surface area contributed by atoms with E-state index in [9.17, 15) is 10.1 Å². The molecule has 1 aromatic heterocycles. The topological polar surface area (TPSA) is 77.7 Å². The van der Waals surface area contributed by atoms with Crippen molar-refractivity contribution in [2.75, 3.05) is 26.2 Å². The van der Waals surface area contributed by atoms with Gasteiger partial charge in [-0.3, -0.25) is 10.1 Å². The largest absolute Gasteiger partial charge is 0.497 e. The summed E-state index contributed by atoms with van der Waals surface area (Å²) in [6.07, 6.45) is 1.28. The van der Waals surface area contributed by atoms with Gasteiger partial charge in [-0.2, -0.15) is 0 Å². The Kier molecular flexibility index (Phi) is 5.00. The average molecular weight is 317 g/mol. The Morgan fingerprint density at radius 3 is 2.57 bits per heavy atom. The Labute approximate surface area is 134 Å². The first-order valence-corrected chi connectivity index (χ1v) is 6.99. The van der Waals surface area contributed by atoms with Gasteiger partial charge in [-0.15, -0.1) is 0 Å². The number of rotatable bonds is 6. The molecule has 0 aliphatic carbocycles. The summed E-state index contributed by atoms with van der Waals surface area (Å²) >= 11 is 0. The zero-order valence-electron chi connectivity index (χ0n) is 13.6. The van der Waals surface area contributed by atoms with E-state index in [-0.39, 0.29) is 5.69 Å². The maximum Gasteiger partial charge on any atom is 0.290 e. The Hall–Kier alpha value is -2.83. The molecule has 0 radical (unpaired) electrons. The average Bonchev–Trinajstić information content (AvgIpc) is 2.54. The predicted octanol–water partition coefficient (Wildman–Crippen LogP) is 2.95. The molecule has 0 atom stereocenters. The lowest BCUT2D eigenvalue weighted by atomic mass is 10.1. The molecule has 0 saturated carbocycles. The number of nitrogens with zero attached hydrogens (tertiary/aromatic N) is 3. The molecule has 0 saturated heterocycles. The van der Waals surface area contributed by atoms with Crippen LogP contribution < -0.4 is 14.4 Å². The minimum atomic E-state index is -0.433. The first kappa shape index (κ1) is 16.5. The maximum absolute atomic E-state index is 10.9. The fraction of sp³-hybridized carbons (Fsp3) is 0.312. The molecule has 2 rings (SSSR count). The van der Waals surface area contributed by atoms with Crippen LogP contribution in [0.3, 0.4) is 0 Å². The van der Waals surface area contributed by atoms with E-state index in [1.807, 2.05) is 30.1 Å². The lowest BCUT2D eigenvalue weighted by molar-refractivity contribution is -0.385. The Balaban J connectivity index is 2.26. The van der Waals surface area contributed by atoms with Crippen molar-refractivity contribution in [1.82, 2.24) is 4.98 Å². The molecule has 1 aromatic carbocycles. The molecule has 122 valence electrons. The van der Waals surface area contributed by atoms with Crippen LogP contribution in [0.15, 0.2) is 30.5 Å². The van der Waals surface area contributed by atoms with Gasteiger partial charge in [0.25, 0.3) is 5.69 Å². The number of hydrogen-bond acceptors (Lipinski definition) is 6. The van der Waals surface area contributed by atoms with Crippen LogP contribution in [0.2, 0.25) is 0 Å². The van der Waals surface area contributed by atoms with Crippen molar-refractivity contribution in [2.45, 2.75) is 13.5 Å². The van der Waals surface area contributed by atoms with E-state index in [2.05, 4.69) is 4.98 Å². The van der Waals surface area contributed by atoms with Crippen molar-refractivity contribution in [2.24, 2.45) is 0 Å². The summed E-state index contributed by atoms with van der Waals surface area (Å²) in [5.41, 5.74) is 1.53. The number of anilines is 1. The standard InChI is InChI=1S/C16H19N3O4/c1-11-7-16(17-9-14(11)19(20)21)18(2)10-12-8-13(22-3)5-6-15(12)23-4/h5-9H,10H2,1-4H3. The van der Waals surface area contributed by atoms with Crippen LogP contribution in [0.4, 0.5) is 11.5 Å². The number of aryl methyl sites for hydroxylation is 1. The zero-order chi connectivity index (χ0) is 17.0. The summed E-state index contributed by atoms with van der Waals surface area (Å²) < 4.78 is 10.6. The highest BCUT2D eigenvalue weighted by atomic mass is 16.6. The van der Waals surface area contributed by atoms with E-state index < -0.39 is 4.92 Å². The third kappa shape index (κ3) is 3.68. The van der Waals surface area contributed by atoms with Crippen molar-refractivity contribution in [3.63, 3.8) is 0 Å². The molecule has 23 heavy (non-hydrogen) atoms. The van der Waals surface area contributed by atoms with Gasteiger partial charge < -0.3 is 14.4 Å². The summed E-state index contributed by atoms with van der Waals surface area (Å²) in [4.78, 5) is 16.5. The van der Waals surface area contributed by atoms with E-state index in [4.69, 9.17) is 9.47 Å². The zero-order valence-corrected chi connectivity index (χ0v) is 13.6. The molecule has 0 fully saturated rings. The summed E-state index contributed by atoms with van der Waals surface area (Å²) in [6.45, 7) is 2.23. The maximum atomic E-state index is 10.9. The molecule has 0 N–H and O–H groups in total. The minimum absolute atomic E-state index is 0.0149. The second-order valence-corrected chi connectivity index (χ2v) is 5.12. The Morgan fingerprint density at radius 1 is 1.26 bits per heavy atom. The fourth-order valence-corrected chi connectivity index (χ4v) is 2.28. The van der Waals surface area contributed by atoms with Gasteiger partial charge in [0, 0.05) is 24.7 Å². The quantitative estimate of drug-likeness (QED) is 0.602. The number of aromatic nitrogens is 1. The number of nitro groups is 1. The smallest absolute Gasteiger partial charge is 0.290 e. The Morgan fingerprint density at radius 2 is 2.00 bits per heavy atom. The summed E-state index contributed by atoms with van der Waals surface area (Å²) in [6, 6.07) is 7.27. The van der Waals surface area contributed by atoms with Gasteiger partial charge in [0.1, 0.15) is 23.5 Å². The third-order valence-corrected chi connectivity index (χ3v) is 3.55. The number of ether oxygens (including phenoxy) is 2. The van der Waals surface area contributed by atoms with Crippen LogP contribution in [0.1, 0.15) is 11.1 Å². The predicted molar refractivity (Wildman–Crippen MR) is 87.3 cm³/mol. The van der Waals surface area contributed by atoms with E-state index in [1.54, 1.807) is 27.2 Å². The third-order valence-electron chi connectivity index (χ3n) is 3.55. The van der Waals surface area contributed by atoms with Gasteiger partial charge in [-0.25, -0.2) is 4.98 Å². The first-order chi connectivity index (χ1) is 11.0. The molecule has 0 unspecified atom stereocenters. The SMILES string of the molecule is COc1ccc(OC)c(CN(C)c2cc(C)c([N+](=O)[O-])cn2)c1. The first-order valence-electron chi connectivity index (χ1n) is 6.99. The van der Waals surface area contributed by atoms with Gasteiger partial charge >= 0.3 is 0 Å².